The van der Waals surface area contributed by atoms with Crippen LogP contribution in [0, 0.1) is 0 Å². The minimum Gasteiger partial charge on any atom is -0.490 e. The van der Waals surface area contributed by atoms with Crippen LogP contribution in [0.5, 0.6) is 11.5 Å². The van der Waals surface area contributed by atoms with Gasteiger partial charge in [-0.3, -0.25) is 0 Å². The highest BCUT2D eigenvalue weighted by Crippen LogP contribution is 2.38. The Bertz CT molecular complexity index is 663. The topological polar surface area (TPSA) is 44.5 Å². The van der Waals surface area contributed by atoms with Crippen molar-refractivity contribution in [2.75, 3.05) is 13.2 Å². The summed E-state index contributed by atoms with van der Waals surface area (Å²) in [7, 11) is 0. The molecule has 3 nitrogen and oxygen atoms in total. The van der Waals surface area contributed by atoms with E-state index in [0.29, 0.717) is 29.7 Å². The zero-order chi connectivity index (χ0) is 14.8. The Balaban J connectivity index is 2.00. The third-order valence-corrected chi connectivity index (χ3v) is 4.23. The number of rotatable bonds is 2. The molecular formula is C16H15BrClNO2. The zero-order valence-electron chi connectivity index (χ0n) is 11.3. The summed E-state index contributed by atoms with van der Waals surface area (Å²) in [5.74, 6) is 1.39. The molecule has 0 saturated heterocycles. The minimum atomic E-state index is -0.313. The van der Waals surface area contributed by atoms with Crippen molar-refractivity contribution in [1.82, 2.24) is 0 Å². The van der Waals surface area contributed by atoms with Crippen molar-refractivity contribution in [3.05, 3.63) is 57.0 Å². The summed E-state index contributed by atoms with van der Waals surface area (Å²) in [6.45, 7) is 1.28. The molecule has 0 aromatic heterocycles. The van der Waals surface area contributed by atoms with Gasteiger partial charge in [0.1, 0.15) is 0 Å². The lowest BCUT2D eigenvalue weighted by Crippen LogP contribution is -2.12. The van der Waals surface area contributed by atoms with E-state index in [1.54, 1.807) is 6.07 Å². The second-order valence-electron chi connectivity index (χ2n) is 4.90. The highest BCUT2D eigenvalue weighted by Gasteiger charge is 2.19. The fourth-order valence-corrected chi connectivity index (χ4v) is 3.01. The molecule has 1 aliphatic heterocycles. The second-order valence-corrected chi connectivity index (χ2v) is 6.23. The molecule has 0 saturated carbocycles. The maximum atomic E-state index is 6.37. The van der Waals surface area contributed by atoms with Crippen LogP contribution >= 0.6 is 27.5 Å². The first-order valence-electron chi connectivity index (χ1n) is 6.75. The van der Waals surface area contributed by atoms with Gasteiger partial charge in [0, 0.05) is 22.0 Å². The lowest BCUT2D eigenvalue weighted by Gasteiger charge is -2.17. The SMILES string of the molecule is NC(c1cccc(Br)c1)c1cc2c(cc1Cl)OCCCO2. The third-order valence-electron chi connectivity index (χ3n) is 3.41. The van der Waals surface area contributed by atoms with Crippen LogP contribution in [0.3, 0.4) is 0 Å². The Hall–Kier alpha value is -1.23. The van der Waals surface area contributed by atoms with Crippen molar-refractivity contribution >= 4 is 27.5 Å². The van der Waals surface area contributed by atoms with E-state index in [2.05, 4.69) is 15.9 Å². The normalized spacial score (nSPS) is 15.4. The van der Waals surface area contributed by atoms with Gasteiger partial charge >= 0.3 is 0 Å². The molecule has 1 aliphatic rings. The van der Waals surface area contributed by atoms with E-state index >= 15 is 0 Å². The van der Waals surface area contributed by atoms with Gasteiger partial charge in [-0.15, -0.1) is 0 Å². The largest absolute Gasteiger partial charge is 0.490 e. The van der Waals surface area contributed by atoms with Crippen molar-refractivity contribution in [3.63, 3.8) is 0 Å². The number of halogens is 2. The standard InChI is InChI=1S/C16H15BrClNO2/c17-11-4-1-3-10(7-11)16(19)12-8-14-15(9-13(12)18)21-6-2-5-20-14/h1,3-4,7-9,16H,2,5-6,19H2. The zero-order valence-corrected chi connectivity index (χ0v) is 13.7. The molecule has 0 fully saturated rings. The number of fused-ring (bicyclic) bond motifs is 1. The third kappa shape index (κ3) is 3.18. The number of hydrogen-bond donors (Lipinski definition) is 1. The predicted molar refractivity (Wildman–Crippen MR) is 87.2 cm³/mol. The van der Waals surface area contributed by atoms with E-state index in [1.165, 1.54) is 0 Å². The van der Waals surface area contributed by atoms with Gasteiger partial charge in [-0.1, -0.05) is 39.7 Å². The number of hydrogen-bond acceptors (Lipinski definition) is 3. The minimum absolute atomic E-state index is 0.313. The summed E-state index contributed by atoms with van der Waals surface area (Å²) in [5, 5.41) is 0.590. The highest BCUT2D eigenvalue weighted by molar-refractivity contribution is 9.10. The summed E-state index contributed by atoms with van der Waals surface area (Å²) in [6.07, 6.45) is 0.860. The smallest absolute Gasteiger partial charge is 0.162 e. The fourth-order valence-electron chi connectivity index (χ4n) is 2.32. The Labute approximate surface area is 137 Å². The molecule has 0 amide bonds. The molecular weight excluding hydrogens is 354 g/mol. The lowest BCUT2D eigenvalue weighted by atomic mass is 9.99. The number of benzene rings is 2. The molecule has 5 heteroatoms. The van der Waals surface area contributed by atoms with Gasteiger partial charge in [-0.2, -0.15) is 0 Å². The van der Waals surface area contributed by atoms with Crippen LogP contribution in [0.15, 0.2) is 40.9 Å². The van der Waals surface area contributed by atoms with Crippen molar-refractivity contribution in [1.29, 1.82) is 0 Å². The van der Waals surface area contributed by atoms with Crippen LogP contribution < -0.4 is 15.2 Å². The van der Waals surface area contributed by atoms with Crippen LogP contribution in [0.1, 0.15) is 23.6 Å². The molecule has 21 heavy (non-hydrogen) atoms. The van der Waals surface area contributed by atoms with E-state index in [0.717, 1.165) is 22.0 Å². The molecule has 1 heterocycles. The summed E-state index contributed by atoms with van der Waals surface area (Å²) < 4.78 is 12.3. The fraction of sp³-hybridized carbons (Fsp3) is 0.250. The Morgan fingerprint density at radius 1 is 1.10 bits per heavy atom. The molecule has 2 N–H and O–H groups in total. The highest BCUT2D eigenvalue weighted by atomic mass is 79.9. The van der Waals surface area contributed by atoms with Gasteiger partial charge in [0.25, 0.3) is 0 Å². The molecule has 0 bridgehead atoms. The van der Waals surface area contributed by atoms with Gasteiger partial charge in [0.05, 0.1) is 19.3 Å². The van der Waals surface area contributed by atoms with Gasteiger partial charge in [-0.25, -0.2) is 0 Å². The summed E-state index contributed by atoms with van der Waals surface area (Å²) in [6, 6.07) is 11.2. The molecule has 0 spiro atoms. The van der Waals surface area contributed by atoms with Crippen molar-refractivity contribution < 1.29 is 9.47 Å². The maximum absolute atomic E-state index is 6.37. The number of nitrogens with two attached hydrogens (primary N) is 1. The first kappa shape index (κ1) is 14.7. The van der Waals surface area contributed by atoms with Crippen LogP contribution in [0.2, 0.25) is 5.02 Å². The monoisotopic (exact) mass is 367 g/mol. The number of ether oxygens (including phenoxy) is 2. The average molecular weight is 369 g/mol. The van der Waals surface area contributed by atoms with Gasteiger partial charge < -0.3 is 15.2 Å². The maximum Gasteiger partial charge on any atom is 0.162 e. The molecule has 0 aliphatic carbocycles. The van der Waals surface area contributed by atoms with Crippen molar-refractivity contribution in [2.24, 2.45) is 5.73 Å². The van der Waals surface area contributed by atoms with Crippen LogP contribution in [0.25, 0.3) is 0 Å². The molecule has 1 atom stereocenters. The van der Waals surface area contributed by atoms with Crippen molar-refractivity contribution in [2.45, 2.75) is 12.5 Å². The molecule has 1 unspecified atom stereocenters. The van der Waals surface area contributed by atoms with Gasteiger partial charge in [0.2, 0.25) is 0 Å². The van der Waals surface area contributed by atoms with E-state index in [-0.39, 0.29) is 6.04 Å². The first-order valence-corrected chi connectivity index (χ1v) is 7.92. The predicted octanol–water partition coefficient (Wildman–Crippen LogP) is 4.31. The Morgan fingerprint density at radius 3 is 2.52 bits per heavy atom. The molecule has 0 radical (unpaired) electrons. The molecule has 3 rings (SSSR count). The second kappa shape index (κ2) is 6.26. The van der Waals surface area contributed by atoms with Crippen LogP contribution in [0.4, 0.5) is 0 Å². The van der Waals surface area contributed by atoms with Gasteiger partial charge in [-0.05, 0) is 29.3 Å². The van der Waals surface area contributed by atoms with E-state index in [1.807, 2.05) is 30.3 Å². The summed E-state index contributed by atoms with van der Waals surface area (Å²) >= 11 is 9.83. The van der Waals surface area contributed by atoms with Crippen LogP contribution in [-0.4, -0.2) is 13.2 Å². The molecule has 2 aromatic carbocycles. The first-order chi connectivity index (χ1) is 10.1. The van der Waals surface area contributed by atoms with E-state index in [4.69, 9.17) is 26.8 Å². The summed E-state index contributed by atoms with van der Waals surface area (Å²) in [5.41, 5.74) is 8.18. The van der Waals surface area contributed by atoms with Crippen molar-refractivity contribution in [3.8, 4) is 11.5 Å². The van der Waals surface area contributed by atoms with E-state index < -0.39 is 0 Å². The van der Waals surface area contributed by atoms with E-state index in [9.17, 15) is 0 Å². The summed E-state index contributed by atoms with van der Waals surface area (Å²) in [4.78, 5) is 0. The molecule has 110 valence electrons. The molecule has 2 aromatic rings. The average Bonchev–Trinajstić information content (AvgIpc) is 2.70. The Kier molecular flexibility index (Phi) is 4.38. The quantitative estimate of drug-likeness (QED) is 0.859. The van der Waals surface area contributed by atoms with Crippen LogP contribution in [-0.2, 0) is 0 Å². The lowest BCUT2D eigenvalue weighted by molar-refractivity contribution is 0.297. The van der Waals surface area contributed by atoms with Gasteiger partial charge in [0.15, 0.2) is 11.5 Å². The Morgan fingerprint density at radius 2 is 1.81 bits per heavy atom.